The second kappa shape index (κ2) is 2.96. The number of aliphatic carboxylic acids is 1. The van der Waals surface area contributed by atoms with Crippen LogP contribution in [0.5, 0.6) is 0 Å². The van der Waals surface area contributed by atoms with Gasteiger partial charge in [-0.3, -0.25) is 4.79 Å². The Hall–Kier alpha value is -0.610. The van der Waals surface area contributed by atoms with Gasteiger partial charge in [-0.15, -0.1) is 0 Å². The molecule has 1 N–H and O–H groups in total. The smallest absolute Gasteiger partial charge is 0.309 e. The second-order valence-corrected chi connectivity index (χ2v) is 3.82. The lowest BCUT2D eigenvalue weighted by Crippen LogP contribution is -2.22. The summed E-state index contributed by atoms with van der Waals surface area (Å²) in [7, 11) is 1.59. The monoisotopic (exact) mass is 186 g/mol. The fourth-order valence-corrected chi connectivity index (χ4v) is 2.55. The molecule has 1 aliphatic carbocycles. The maximum Gasteiger partial charge on any atom is 0.309 e. The van der Waals surface area contributed by atoms with E-state index in [-0.39, 0.29) is 17.4 Å². The first kappa shape index (κ1) is 8.97. The van der Waals surface area contributed by atoms with Crippen molar-refractivity contribution in [3.8, 4) is 0 Å². The summed E-state index contributed by atoms with van der Waals surface area (Å²) in [6.45, 7) is 1.34. The van der Waals surface area contributed by atoms with Crippen LogP contribution in [0.3, 0.4) is 0 Å². The summed E-state index contributed by atoms with van der Waals surface area (Å²) < 4.78 is 10.4. The van der Waals surface area contributed by atoms with E-state index in [1.165, 1.54) is 0 Å². The minimum Gasteiger partial charge on any atom is -0.481 e. The number of carboxylic acids is 1. The molecule has 1 spiro atoms. The van der Waals surface area contributed by atoms with Crippen LogP contribution >= 0.6 is 0 Å². The largest absolute Gasteiger partial charge is 0.481 e. The average molecular weight is 186 g/mol. The highest BCUT2D eigenvalue weighted by molar-refractivity contribution is 5.76. The number of carboxylic acid groups (broad SMARTS) is 1. The zero-order chi connectivity index (χ0) is 9.47. The van der Waals surface area contributed by atoms with Gasteiger partial charge in [0.25, 0.3) is 0 Å². The number of ether oxygens (including phenoxy) is 2. The first-order valence-electron chi connectivity index (χ1n) is 4.56. The van der Waals surface area contributed by atoms with Crippen LogP contribution < -0.4 is 0 Å². The van der Waals surface area contributed by atoms with Gasteiger partial charge in [-0.1, -0.05) is 0 Å². The number of rotatable bonds is 2. The Kier molecular flexibility index (Phi) is 2.04. The fraction of sp³-hybridized carbons (Fsp3) is 0.889. The molecule has 0 amide bonds. The summed E-state index contributed by atoms with van der Waals surface area (Å²) in [5.74, 6) is -1.03. The van der Waals surface area contributed by atoms with Gasteiger partial charge in [0.05, 0.1) is 12.0 Å². The summed E-state index contributed by atoms with van der Waals surface area (Å²) in [6, 6.07) is 0. The SMILES string of the molecule is CO[C@@H]1[C@@H](C(=O)O)C12CCOCC2. The molecule has 2 aliphatic rings. The van der Waals surface area contributed by atoms with Crippen LogP contribution in [0.25, 0.3) is 0 Å². The normalized spacial score (nSPS) is 36.1. The van der Waals surface area contributed by atoms with E-state index in [4.69, 9.17) is 14.6 Å². The second-order valence-electron chi connectivity index (χ2n) is 3.82. The highest BCUT2D eigenvalue weighted by Gasteiger charge is 2.69. The molecule has 13 heavy (non-hydrogen) atoms. The van der Waals surface area contributed by atoms with Gasteiger partial charge in [0, 0.05) is 25.7 Å². The Labute approximate surface area is 76.8 Å². The molecule has 4 nitrogen and oxygen atoms in total. The highest BCUT2D eigenvalue weighted by Crippen LogP contribution is 2.60. The van der Waals surface area contributed by atoms with Gasteiger partial charge in [-0.2, -0.15) is 0 Å². The molecule has 1 heterocycles. The van der Waals surface area contributed by atoms with E-state index in [1.54, 1.807) is 7.11 Å². The Morgan fingerprint density at radius 3 is 2.54 bits per heavy atom. The Morgan fingerprint density at radius 2 is 2.15 bits per heavy atom. The zero-order valence-electron chi connectivity index (χ0n) is 7.66. The highest BCUT2D eigenvalue weighted by atomic mass is 16.5. The summed E-state index contributed by atoms with van der Waals surface area (Å²) in [6.07, 6.45) is 1.55. The molecule has 0 radical (unpaired) electrons. The molecule has 0 aromatic carbocycles. The lowest BCUT2D eigenvalue weighted by atomic mass is 9.93. The van der Waals surface area contributed by atoms with Crippen LogP contribution in [0.2, 0.25) is 0 Å². The molecule has 0 bridgehead atoms. The first-order chi connectivity index (χ1) is 6.22. The predicted octanol–water partition coefficient (Wildman–Crippen LogP) is 0.513. The van der Waals surface area contributed by atoms with E-state index >= 15 is 0 Å². The van der Waals surface area contributed by atoms with Crippen LogP contribution in [0.1, 0.15) is 12.8 Å². The lowest BCUT2D eigenvalue weighted by molar-refractivity contribution is -0.140. The molecule has 2 fully saturated rings. The summed E-state index contributed by atoms with van der Waals surface area (Å²) in [5, 5.41) is 8.95. The molecule has 74 valence electrons. The maximum absolute atomic E-state index is 10.9. The Morgan fingerprint density at radius 1 is 1.54 bits per heavy atom. The molecular formula is C9H14O4. The maximum atomic E-state index is 10.9. The number of carbonyl (C=O) groups is 1. The molecule has 4 heteroatoms. The van der Waals surface area contributed by atoms with Gasteiger partial charge in [0.1, 0.15) is 0 Å². The molecule has 0 unspecified atom stereocenters. The van der Waals surface area contributed by atoms with E-state index in [0.29, 0.717) is 13.2 Å². The molecular weight excluding hydrogens is 172 g/mol. The van der Waals surface area contributed by atoms with Crippen LogP contribution in [-0.4, -0.2) is 37.5 Å². The van der Waals surface area contributed by atoms with Crippen LogP contribution in [0.4, 0.5) is 0 Å². The topological polar surface area (TPSA) is 55.8 Å². The van der Waals surface area contributed by atoms with Crippen molar-refractivity contribution < 1.29 is 19.4 Å². The van der Waals surface area contributed by atoms with Gasteiger partial charge >= 0.3 is 5.97 Å². The van der Waals surface area contributed by atoms with E-state index in [9.17, 15) is 4.79 Å². The third-order valence-corrected chi connectivity index (χ3v) is 3.32. The predicted molar refractivity (Wildman–Crippen MR) is 44.4 cm³/mol. The van der Waals surface area contributed by atoms with E-state index < -0.39 is 5.97 Å². The van der Waals surface area contributed by atoms with Crippen LogP contribution in [0, 0.1) is 11.3 Å². The molecule has 1 aliphatic heterocycles. The molecule has 2 atom stereocenters. The van der Waals surface area contributed by atoms with Crippen molar-refractivity contribution in [2.75, 3.05) is 20.3 Å². The molecule has 0 aromatic rings. The Bertz CT molecular complexity index is 220. The molecule has 1 saturated heterocycles. The quantitative estimate of drug-likeness (QED) is 0.682. The zero-order valence-corrected chi connectivity index (χ0v) is 7.66. The first-order valence-corrected chi connectivity index (χ1v) is 4.56. The van der Waals surface area contributed by atoms with Gasteiger partial charge in [0.15, 0.2) is 0 Å². The van der Waals surface area contributed by atoms with E-state index in [2.05, 4.69) is 0 Å². The summed E-state index contributed by atoms with van der Waals surface area (Å²) in [4.78, 5) is 10.9. The average Bonchev–Trinajstić information content (AvgIpc) is 2.74. The number of hydrogen-bond acceptors (Lipinski definition) is 3. The summed E-state index contributed by atoms with van der Waals surface area (Å²) in [5.41, 5.74) is -0.112. The van der Waals surface area contributed by atoms with Crippen molar-refractivity contribution in [3.63, 3.8) is 0 Å². The fourth-order valence-electron chi connectivity index (χ4n) is 2.55. The van der Waals surface area contributed by atoms with Gasteiger partial charge in [0.2, 0.25) is 0 Å². The molecule has 2 rings (SSSR count). The standard InChI is InChI=1S/C9H14O4/c1-12-7-6(8(10)11)9(7)2-4-13-5-3-9/h6-7H,2-5H2,1H3,(H,10,11)/t6-,7+/m0/s1. The van der Waals surface area contributed by atoms with Crippen molar-refractivity contribution in [2.45, 2.75) is 18.9 Å². The van der Waals surface area contributed by atoms with E-state index in [0.717, 1.165) is 12.8 Å². The van der Waals surface area contributed by atoms with Crippen LogP contribution in [-0.2, 0) is 14.3 Å². The van der Waals surface area contributed by atoms with Crippen molar-refractivity contribution in [1.82, 2.24) is 0 Å². The van der Waals surface area contributed by atoms with Crippen molar-refractivity contribution in [3.05, 3.63) is 0 Å². The van der Waals surface area contributed by atoms with Gasteiger partial charge in [-0.25, -0.2) is 0 Å². The third-order valence-electron chi connectivity index (χ3n) is 3.32. The summed E-state index contributed by atoms with van der Waals surface area (Å²) >= 11 is 0. The molecule has 0 aromatic heterocycles. The van der Waals surface area contributed by atoms with Gasteiger partial charge < -0.3 is 14.6 Å². The molecule has 1 saturated carbocycles. The van der Waals surface area contributed by atoms with E-state index in [1.807, 2.05) is 0 Å². The minimum absolute atomic E-state index is 0.0890. The van der Waals surface area contributed by atoms with Crippen LogP contribution in [0.15, 0.2) is 0 Å². The number of methoxy groups -OCH3 is 1. The minimum atomic E-state index is -0.728. The van der Waals surface area contributed by atoms with Crippen molar-refractivity contribution >= 4 is 5.97 Å². The van der Waals surface area contributed by atoms with Crippen molar-refractivity contribution in [1.29, 1.82) is 0 Å². The number of hydrogen-bond donors (Lipinski definition) is 1. The third kappa shape index (κ3) is 1.16. The van der Waals surface area contributed by atoms with Crippen molar-refractivity contribution in [2.24, 2.45) is 11.3 Å². The van der Waals surface area contributed by atoms with Gasteiger partial charge in [-0.05, 0) is 12.8 Å². The Balaban J connectivity index is 2.10. The lowest BCUT2D eigenvalue weighted by Gasteiger charge is -2.22.